The smallest absolute Gasteiger partial charge is 0.0826 e. The number of nitrogens with one attached hydrogen (secondary N) is 1. The third-order valence-electron chi connectivity index (χ3n) is 3.01. The largest absolute Gasteiger partial charge is 0.374 e. The summed E-state index contributed by atoms with van der Waals surface area (Å²) in [6.07, 6.45) is 2.24. The van der Waals surface area contributed by atoms with Crippen LogP contribution in [0.1, 0.15) is 11.3 Å². The molecule has 0 aromatic carbocycles. The summed E-state index contributed by atoms with van der Waals surface area (Å²) >= 11 is 0. The second-order valence-electron chi connectivity index (χ2n) is 4.61. The summed E-state index contributed by atoms with van der Waals surface area (Å²) in [5.41, 5.74) is 2.35. The van der Waals surface area contributed by atoms with Crippen molar-refractivity contribution in [1.82, 2.24) is 15.2 Å². The van der Waals surface area contributed by atoms with Gasteiger partial charge in [-0.2, -0.15) is 0 Å². The summed E-state index contributed by atoms with van der Waals surface area (Å²) in [5, 5.41) is 3.16. The molecule has 1 aliphatic heterocycles. The molecular formula is C13H21N3O. The minimum absolute atomic E-state index is 0.305. The third-order valence-corrected chi connectivity index (χ3v) is 3.01. The van der Waals surface area contributed by atoms with Crippen molar-refractivity contribution in [1.29, 1.82) is 0 Å². The van der Waals surface area contributed by atoms with Crippen molar-refractivity contribution in [2.75, 3.05) is 33.3 Å². The van der Waals surface area contributed by atoms with Crippen LogP contribution in [0.4, 0.5) is 0 Å². The maximum absolute atomic E-state index is 5.68. The van der Waals surface area contributed by atoms with E-state index in [4.69, 9.17) is 4.74 Å². The topological polar surface area (TPSA) is 37.4 Å². The van der Waals surface area contributed by atoms with Crippen molar-refractivity contribution in [2.45, 2.75) is 19.6 Å². The minimum Gasteiger partial charge on any atom is -0.374 e. The van der Waals surface area contributed by atoms with E-state index in [9.17, 15) is 0 Å². The summed E-state index contributed by atoms with van der Waals surface area (Å²) in [7, 11) is 1.96. The van der Waals surface area contributed by atoms with Crippen LogP contribution in [0, 0.1) is 6.92 Å². The van der Waals surface area contributed by atoms with E-state index in [-0.39, 0.29) is 0 Å². The van der Waals surface area contributed by atoms with Crippen molar-refractivity contribution < 1.29 is 4.74 Å². The maximum Gasteiger partial charge on any atom is 0.0826 e. The van der Waals surface area contributed by atoms with Gasteiger partial charge in [-0.15, -0.1) is 0 Å². The van der Waals surface area contributed by atoms with Crippen LogP contribution in [0.5, 0.6) is 0 Å². The molecular weight excluding hydrogens is 214 g/mol. The second-order valence-corrected chi connectivity index (χ2v) is 4.61. The first-order chi connectivity index (χ1) is 8.28. The zero-order valence-corrected chi connectivity index (χ0v) is 10.6. The zero-order chi connectivity index (χ0) is 12.1. The molecule has 1 unspecified atom stereocenters. The molecule has 1 aromatic rings. The van der Waals surface area contributed by atoms with Crippen LogP contribution < -0.4 is 5.32 Å². The highest BCUT2D eigenvalue weighted by Crippen LogP contribution is 2.09. The number of pyridine rings is 1. The first kappa shape index (κ1) is 12.5. The van der Waals surface area contributed by atoms with Crippen molar-refractivity contribution in [3.8, 4) is 0 Å². The fraction of sp³-hybridized carbons (Fsp3) is 0.615. The molecule has 0 aliphatic carbocycles. The highest BCUT2D eigenvalue weighted by atomic mass is 16.5. The normalized spacial score (nSPS) is 21.6. The van der Waals surface area contributed by atoms with E-state index in [2.05, 4.69) is 34.3 Å². The monoisotopic (exact) mass is 235 g/mol. The van der Waals surface area contributed by atoms with Crippen molar-refractivity contribution in [3.63, 3.8) is 0 Å². The molecule has 1 aliphatic rings. The average molecular weight is 235 g/mol. The number of rotatable bonds is 4. The molecule has 1 N–H and O–H groups in total. The first-order valence-corrected chi connectivity index (χ1v) is 6.18. The Morgan fingerprint density at radius 3 is 3.12 bits per heavy atom. The van der Waals surface area contributed by atoms with Gasteiger partial charge in [0.15, 0.2) is 0 Å². The average Bonchev–Trinajstić information content (AvgIpc) is 2.33. The van der Waals surface area contributed by atoms with Gasteiger partial charge in [-0.3, -0.25) is 9.88 Å². The van der Waals surface area contributed by atoms with E-state index in [1.165, 1.54) is 5.56 Å². The third kappa shape index (κ3) is 3.77. The molecule has 4 heteroatoms. The van der Waals surface area contributed by atoms with E-state index in [0.717, 1.165) is 38.5 Å². The number of hydrogen-bond acceptors (Lipinski definition) is 4. The lowest BCUT2D eigenvalue weighted by molar-refractivity contribution is -0.0294. The van der Waals surface area contributed by atoms with E-state index >= 15 is 0 Å². The predicted molar refractivity (Wildman–Crippen MR) is 67.9 cm³/mol. The number of hydrogen-bond donors (Lipinski definition) is 1. The van der Waals surface area contributed by atoms with Crippen molar-refractivity contribution in [2.24, 2.45) is 0 Å². The Hall–Kier alpha value is -0.970. The molecule has 2 heterocycles. The van der Waals surface area contributed by atoms with E-state index in [1.807, 2.05) is 13.2 Å². The van der Waals surface area contributed by atoms with E-state index < -0.39 is 0 Å². The Bertz CT molecular complexity index is 337. The molecule has 1 atom stereocenters. The van der Waals surface area contributed by atoms with Crippen LogP contribution in [0.15, 0.2) is 18.3 Å². The summed E-state index contributed by atoms with van der Waals surface area (Å²) < 4.78 is 5.68. The number of nitrogens with zero attached hydrogens (tertiary/aromatic N) is 2. The van der Waals surface area contributed by atoms with Crippen LogP contribution in [-0.2, 0) is 11.3 Å². The van der Waals surface area contributed by atoms with Gasteiger partial charge in [0.1, 0.15) is 0 Å². The highest BCUT2D eigenvalue weighted by Gasteiger charge is 2.19. The Morgan fingerprint density at radius 1 is 1.53 bits per heavy atom. The summed E-state index contributed by atoms with van der Waals surface area (Å²) in [4.78, 5) is 6.85. The Kier molecular flexibility index (Phi) is 4.48. The minimum atomic E-state index is 0.305. The Labute approximate surface area is 103 Å². The molecule has 0 amide bonds. The van der Waals surface area contributed by atoms with Crippen LogP contribution >= 0.6 is 0 Å². The quantitative estimate of drug-likeness (QED) is 0.838. The highest BCUT2D eigenvalue weighted by molar-refractivity contribution is 5.12. The van der Waals surface area contributed by atoms with Gasteiger partial charge in [0.2, 0.25) is 0 Å². The van der Waals surface area contributed by atoms with Crippen LogP contribution in [0.3, 0.4) is 0 Å². The van der Waals surface area contributed by atoms with Crippen molar-refractivity contribution in [3.05, 3.63) is 29.6 Å². The lowest BCUT2D eigenvalue weighted by Gasteiger charge is -2.32. The zero-order valence-electron chi connectivity index (χ0n) is 10.6. The van der Waals surface area contributed by atoms with Gasteiger partial charge in [0.25, 0.3) is 0 Å². The van der Waals surface area contributed by atoms with Crippen LogP contribution in [-0.4, -0.2) is 49.3 Å². The molecule has 0 bridgehead atoms. The summed E-state index contributed by atoms with van der Waals surface area (Å²) in [6.45, 7) is 6.69. The maximum atomic E-state index is 5.68. The molecule has 1 saturated heterocycles. The molecule has 17 heavy (non-hydrogen) atoms. The molecule has 1 fully saturated rings. The van der Waals surface area contributed by atoms with Gasteiger partial charge < -0.3 is 10.1 Å². The molecule has 0 spiro atoms. The number of likely N-dealkylation sites (N-methyl/N-ethyl adjacent to an activating group) is 1. The summed E-state index contributed by atoms with van der Waals surface area (Å²) in [5.74, 6) is 0. The van der Waals surface area contributed by atoms with E-state index in [0.29, 0.717) is 6.10 Å². The van der Waals surface area contributed by atoms with Gasteiger partial charge in [0, 0.05) is 32.4 Å². The van der Waals surface area contributed by atoms with Gasteiger partial charge in [-0.1, -0.05) is 6.07 Å². The number of aromatic nitrogens is 1. The Morgan fingerprint density at radius 2 is 2.41 bits per heavy atom. The molecule has 0 radical (unpaired) electrons. The molecule has 1 aromatic heterocycles. The SMILES string of the molecule is CNCC1CN(Cc2ccc(C)cn2)CCO1. The van der Waals surface area contributed by atoms with Crippen molar-refractivity contribution >= 4 is 0 Å². The first-order valence-electron chi connectivity index (χ1n) is 6.18. The van der Waals surface area contributed by atoms with E-state index in [1.54, 1.807) is 0 Å². The Balaban J connectivity index is 1.87. The fourth-order valence-electron chi connectivity index (χ4n) is 2.10. The lowest BCUT2D eigenvalue weighted by Crippen LogP contribution is -2.45. The summed E-state index contributed by atoms with van der Waals surface area (Å²) in [6, 6.07) is 4.23. The van der Waals surface area contributed by atoms with Gasteiger partial charge in [-0.25, -0.2) is 0 Å². The van der Waals surface area contributed by atoms with Gasteiger partial charge in [-0.05, 0) is 25.6 Å². The fourth-order valence-corrected chi connectivity index (χ4v) is 2.10. The second kappa shape index (κ2) is 6.10. The molecule has 0 saturated carbocycles. The lowest BCUT2D eigenvalue weighted by atomic mass is 10.2. The molecule has 2 rings (SSSR count). The number of aryl methyl sites for hydroxylation is 1. The predicted octanol–water partition coefficient (Wildman–Crippen LogP) is 0.810. The number of ether oxygens (including phenoxy) is 1. The standard InChI is InChI=1S/C13H21N3O/c1-11-3-4-12(15-7-11)9-16-5-6-17-13(10-16)8-14-2/h3-4,7,13-14H,5-6,8-10H2,1-2H3. The molecule has 94 valence electrons. The van der Waals surface area contributed by atoms with Gasteiger partial charge in [0.05, 0.1) is 18.4 Å². The van der Waals surface area contributed by atoms with Crippen LogP contribution in [0.2, 0.25) is 0 Å². The van der Waals surface area contributed by atoms with Gasteiger partial charge >= 0.3 is 0 Å². The molecule has 4 nitrogen and oxygen atoms in total. The van der Waals surface area contributed by atoms with Crippen LogP contribution in [0.25, 0.3) is 0 Å². The number of morpholine rings is 1.